The van der Waals surface area contributed by atoms with Crippen LogP contribution in [-0.2, 0) is 32.6 Å². The number of halogens is 2. The topological polar surface area (TPSA) is 96.0 Å². The second-order valence-corrected chi connectivity index (χ2v) is 13.4. The first-order valence-electron chi connectivity index (χ1n) is 14.3. The molecule has 1 unspecified atom stereocenters. The Hall–Kier alpha value is -4.05. The Labute approximate surface area is 274 Å². The summed E-state index contributed by atoms with van der Waals surface area (Å²) >= 11 is 12.4. The molecule has 0 aliphatic rings. The van der Waals surface area contributed by atoms with Gasteiger partial charge in [0.1, 0.15) is 18.3 Å². The van der Waals surface area contributed by atoms with Gasteiger partial charge in [-0.3, -0.25) is 13.9 Å². The van der Waals surface area contributed by atoms with Crippen LogP contribution in [0.3, 0.4) is 0 Å². The molecular formula is C34H35Cl2N3O5S. The van der Waals surface area contributed by atoms with Gasteiger partial charge in [-0.05, 0) is 85.6 Å². The molecule has 0 saturated heterocycles. The zero-order valence-corrected chi connectivity index (χ0v) is 27.5. The van der Waals surface area contributed by atoms with Crippen LogP contribution < -0.4 is 14.4 Å². The summed E-state index contributed by atoms with van der Waals surface area (Å²) in [5.41, 5.74) is 1.76. The predicted octanol–water partition coefficient (Wildman–Crippen LogP) is 6.36. The van der Waals surface area contributed by atoms with E-state index in [2.05, 4.69) is 5.32 Å². The summed E-state index contributed by atoms with van der Waals surface area (Å²) in [6.07, 6.45) is 0.206. The molecule has 0 radical (unpaired) electrons. The summed E-state index contributed by atoms with van der Waals surface area (Å²) in [4.78, 5) is 29.6. The fourth-order valence-electron chi connectivity index (χ4n) is 4.78. The number of hydrogen-bond acceptors (Lipinski definition) is 5. The van der Waals surface area contributed by atoms with Gasteiger partial charge in [0.15, 0.2) is 0 Å². The average Bonchev–Trinajstić information content (AvgIpc) is 3.02. The number of sulfonamides is 1. The van der Waals surface area contributed by atoms with E-state index in [0.717, 1.165) is 9.87 Å². The maximum atomic E-state index is 14.4. The van der Waals surface area contributed by atoms with E-state index in [1.165, 1.54) is 48.4 Å². The van der Waals surface area contributed by atoms with Crippen molar-refractivity contribution in [1.82, 2.24) is 10.2 Å². The summed E-state index contributed by atoms with van der Waals surface area (Å²) in [5.74, 6) is -0.460. The molecule has 0 bridgehead atoms. The highest BCUT2D eigenvalue weighted by atomic mass is 35.5. The molecule has 4 aromatic carbocycles. The number of benzene rings is 4. The molecule has 4 rings (SSSR count). The van der Waals surface area contributed by atoms with Crippen molar-refractivity contribution < 1.29 is 22.7 Å². The van der Waals surface area contributed by atoms with E-state index in [4.69, 9.17) is 27.9 Å². The second kappa shape index (κ2) is 15.3. The Bertz CT molecular complexity index is 1700. The summed E-state index contributed by atoms with van der Waals surface area (Å²) < 4.78 is 34.4. The van der Waals surface area contributed by atoms with Crippen LogP contribution in [0.2, 0.25) is 10.0 Å². The highest BCUT2D eigenvalue weighted by Crippen LogP contribution is 2.27. The number of methoxy groups -OCH3 is 1. The zero-order chi connectivity index (χ0) is 32.6. The SMILES string of the molecule is COc1ccc(S(=O)(=O)N(CC(=O)N(Cc2cccc(Cl)c2)C(Cc2ccccc2)C(=O)NC(C)C)c2ccc(Cl)cc2)cc1. The minimum absolute atomic E-state index is 0.0133. The zero-order valence-electron chi connectivity index (χ0n) is 25.2. The molecule has 4 aromatic rings. The van der Waals surface area contributed by atoms with Crippen LogP contribution in [-0.4, -0.2) is 50.9 Å². The first kappa shape index (κ1) is 33.8. The van der Waals surface area contributed by atoms with E-state index < -0.39 is 28.5 Å². The first-order chi connectivity index (χ1) is 21.5. The Morgan fingerprint density at radius 3 is 2.07 bits per heavy atom. The Kier molecular flexibility index (Phi) is 11.5. The standard InChI is InChI=1S/C34H35Cl2N3O5S/c1-24(2)37-34(41)32(21-25-8-5-4-6-9-25)38(22-26-10-7-11-28(36)20-26)33(40)23-39(29-14-12-27(35)13-15-29)45(42,43)31-18-16-30(44-3)17-19-31/h4-20,24,32H,21-23H2,1-3H3,(H,37,41). The van der Waals surface area contributed by atoms with E-state index >= 15 is 0 Å². The van der Waals surface area contributed by atoms with Crippen LogP contribution >= 0.6 is 23.2 Å². The normalized spacial score (nSPS) is 12.0. The van der Waals surface area contributed by atoms with Gasteiger partial charge in [0.2, 0.25) is 11.8 Å². The van der Waals surface area contributed by atoms with Gasteiger partial charge in [0, 0.05) is 29.1 Å². The number of ether oxygens (including phenoxy) is 1. The lowest BCUT2D eigenvalue weighted by Crippen LogP contribution is -2.54. The number of nitrogens with zero attached hydrogens (tertiary/aromatic N) is 2. The Morgan fingerprint density at radius 2 is 1.47 bits per heavy atom. The molecule has 0 fully saturated rings. The molecule has 0 aliphatic carbocycles. The van der Waals surface area contributed by atoms with Crippen molar-refractivity contribution in [3.05, 3.63) is 124 Å². The molecule has 1 N–H and O–H groups in total. The molecule has 0 aromatic heterocycles. The second-order valence-electron chi connectivity index (χ2n) is 10.7. The number of rotatable bonds is 13. The molecule has 8 nitrogen and oxygen atoms in total. The van der Waals surface area contributed by atoms with Crippen LogP contribution in [0.5, 0.6) is 5.75 Å². The van der Waals surface area contributed by atoms with Gasteiger partial charge in [0.05, 0.1) is 17.7 Å². The summed E-state index contributed by atoms with van der Waals surface area (Å²) in [6.45, 7) is 3.10. The Morgan fingerprint density at radius 1 is 0.822 bits per heavy atom. The minimum atomic E-state index is -4.26. The van der Waals surface area contributed by atoms with E-state index in [1.807, 2.05) is 44.2 Å². The fraction of sp³-hybridized carbons (Fsp3) is 0.235. The number of carbonyl (C=O) groups is 2. The molecule has 45 heavy (non-hydrogen) atoms. The minimum Gasteiger partial charge on any atom is -0.497 e. The van der Waals surface area contributed by atoms with Gasteiger partial charge < -0.3 is 15.0 Å². The van der Waals surface area contributed by atoms with Gasteiger partial charge in [-0.15, -0.1) is 0 Å². The monoisotopic (exact) mass is 667 g/mol. The van der Waals surface area contributed by atoms with Gasteiger partial charge in [-0.25, -0.2) is 8.42 Å². The third-order valence-corrected chi connectivity index (χ3v) is 9.26. The lowest BCUT2D eigenvalue weighted by molar-refractivity contribution is -0.140. The van der Waals surface area contributed by atoms with E-state index in [-0.39, 0.29) is 35.5 Å². The van der Waals surface area contributed by atoms with Crippen LogP contribution in [0.1, 0.15) is 25.0 Å². The number of carbonyl (C=O) groups excluding carboxylic acids is 2. The van der Waals surface area contributed by atoms with E-state index in [1.54, 1.807) is 36.4 Å². The molecule has 0 heterocycles. The predicted molar refractivity (Wildman–Crippen MR) is 178 cm³/mol. The summed E-state index contributed by atoms with van der Waals surface area (Å²) in [7, 11) is -2.77. The fourth-order valence-corrected chi connectivity index (χ4v) is 6.53. The number of nitrogens with one attached hydrogen (secondary N) is 1. The number of amides is 2. The summed E-state index contributed by atoms with van der Waals surface area (Å²) in [5, 5.41) is 3.81. The number of hydrogen-bond donors (Lipinski definition) is 1. The van der Waals surface area contributed by atoms with Gasteiger partial charge in [-0.2, -0.15) is 0 Å². The number of anilines is 1. The molecule has 0 aliphatic heterocycles. The highest BCUT2D eigenvalue weighted by molar-refractivity contribution is 7.92. The van der Waals surface area contributed by atoms with Crippen molar-refractivity contribution in [2.75, 3.05) is 18.0 Å². The maximum absolute atomic E-state index is 14.4. The maximum Gasteiger partial charge on any atom is 0.264 e. The third kappa shape index (κ3) is 9.00. The van der Waals surface area contributed by atoms with Crippen molar-refractivity contribution >= 4 is 50.7 Å². The smallest absolute Gasteiger partial charge is 0.264 e. The largest absolute Gasteiger partial charge is 0.497 e. The molecule has 0 spiro atoms. The quantitative estimate of drug-likeness (QED) is 0.179. The molecule has 1 atom stereocenters. The highest BCUT2D eigenvalue weighted by Gasteiger charge is 2.35. The van der Waals surface area contributed by atoms with E-state index in [0.29, 0.717) is 21.4 Å². The van der Waals surface area contributed by atoms with Crippen molar-refractivity contribution in [3.63, 3.8) is 0 Å². The van der Waals surface area contributed by atoms with Crippen molar-refractivity contribution in [2.24, 2.45) is 0 Å². The van der Waals surface area contributed by atoms with Crippen LogP contribution in [0.4, 0.5) is 5.69 Å². The van der Waals surface area contributed by atoms with Crippen molar-refractivity contribution in [2.45, 2.75) is 43.8 Å². The molecule has 2 amide bonds. The molecule has 236 valence electrons. The molecular weight excluding hydrogens is 633 g/mol. The average molecular weight is 669 g/mol. The Balaban J connectivity index is 1.80. The van der Waals surface area contributed by atoms with Crippen molar-refractivity contribution in [1.29, 1.82) is 0 Å². The van der Waals surface area contributed by atoms with Crippen LogP contribution in [0, 0.1) is 0 Å². The molecule has 11 heteroatoms. The lowest BCUT2D eigenvalue weighted by atomic mass is 10.0. The third-order valence-electron chi connectivity index (χ3n) is 6.98. The first-order valence-corrected chi connectivity index (χ1v) is 16.5. The molecule has 0 saturated carbocycles. The van der Waals surface area contributed by atoms with E-state index in [9.17, 15) is 18.0 Å². The van der Waals surface area contributed by atoms with Gasteiger partial charge >= 0.3 is 0 Å². The van der Waals surface area contributed by atoms with Gasteiger partial charge in [-0.1, -0.05) is 65.7 Å². The van der Waals surface area contributed by atoms with Gasteiger partial charge in [0.25, 0.3) is 10.0 Å². The lowest BCUT2D eigenvalue weighted by Gasteiger charge is -2.34. The summed E-state index contributed by atoms with van der Waals surface area (Å²) in [6, 6.07) is 27.3. The van der Waals surface area contributed by atoms with Crippen molar-refractivity contribution in [3.8, 4) is 5.75 Å². The van der Waals surface area contributed by atoms with Crippen LogP contribution in [0.25, 0.3) is 0 Å². The van der Waals surface area contributed by atoms with Crippen LogP contribution in [0.15, 0.2) is 108 Å².